The van der Waals surface area contributed by atoms with Crippen LogP contribution in [0, 0.1) is 0 Å². The van der Waals surface area contributed by atoms with Crippen LogP contribution in [-0.2, 0) is 32.0 Å². The fourth-order valence-corrected chi connectivity index (χ4v) is 4.58. The number of esters is 1. The first-order valence-corrected chi connectivity index (χ1v) is 12.9. The summed E-state index contributed by atoms with van der Waals surface area (Å²) >= 11 is 0. The van der Waals surface area contributed by atoms with E-state index in [9.17, 15) is 28.7 Å². The first-order chi connectivity index (χ1) is 14.5. The molecule has 32 heavy (non-hydrogen) atoms. The summed E-state index contributed by atoms with van der Waals surface area (Å²) in [6.07, 6.45) is -14.6. The lowest BCUT2D eigenvalue weighted by Crippen LogP contribution is -2.66. The summed E-state index contributed by atoms with van der Waals surface area (Å²) in [5.41, 5.74) is -0.152. The highest BCUT2D eigenvalue weighted by Gasteiger charge is 2.58. The SMILES string of the molecule is O=C(O[C@H]1[C@@H](O)[C@@H](OP(=O)(O)O)[C@H](O)[C@@H](OP(=O)(O)O)[C@@H]1OP(=O)(O)O)c1ccccc1. The molecule has 1 aliphatic rings. The van der Waals surface area contributed by atoms with E-state index in [1.54, 1.807) is 0 Å². The van der Waals surface area contributed by atoms with Gasteiger partial charge in [0.2, 0.25) is 0 Å². The molecule has 19 heteroatoms. The fraction of sp³-hybridized carbons (Fsp3) is 0.462. The molecular formula is C13H19O16P3. The van der Waals surface area contributed by atoms with Gasteiger partial charge >= 0.3 is 29.4 Å². The van der Waals surface area contributed by atoms with E-state index < -0.39 is 66.1 Å². The molecule has 1 saturated carbocycles. The van der Waals surface area contributed by atoms with Crippen molar-refractivity contribution in [3.63, 3.8) is 0 Å². The molecule has 6 atom stereocenters. The molecule has 1 aromatic carbocycles. The summed E-state index contributed by atoms with van der Waals surface area (Å²) in [5, 5.41) is 20.7. The Morgan fingerprint density at radius 1 is 0.656 bits per heavy atom. The number of ether oxygens (including phenoxy) is 1. The Morgan fingerprint density at radius 3 is 1.53 bits per heavy atom. The van der Waals surface area contributed by atoms with Gasteiger partial charge < -0.3 is 44.3 Å². The summed E-state index contributed by atoms with van der Waals surface area (Å²) in [6.45, 7) is 0. The Kier molecular flexibility index (Phi) is 8.54. The minimum absolute atomic E-state index is 0.152. The van der Waals surface area contributed by atoms with Gasteiger partial charge in [0.1, 0.15) is 30.5 Å². The average Bonchev–Trinajstić information content (AvgIpc) is 2.63. The number of aliphatic hydroxyl groups excluding tert-OH is 2. The van der Waals surface area contributed by atoms with Crippen LogP contribution in [0.3, 0.4) is 0 Å². The lowest BCUT2D eigenvalue weighted by atomic mass is 9.85. The Morgan fingerprint density at radius 2 is 1.06 bits per heavy atom. The Labute approximate surface area is 179 Å². The van der Waals surface area contributed by atoms with Gasteiger partial charge in [0.05, 0.1) is 5.56 Å². The van der Waals surface area contributed by atoms with Crippen LogP contribution in [0.25, 0.3) is 0 Å². The van der Waals surface area contributed by atoms with Gasteiger partial charge in [-0.05, 0) is 12.1 Å². The van der Waals surface area contributed by atoms with Crippen molar-refractivity contribution in [3.8, 4) is 0 Å². The summed E-state index contributed by atoms with van der Waals surface area (Å²) in [4.78, 5) is 67.0. The van der Waals surface area contributed by atoms with Crippen LogP contribution < -0.4 is 0 Å². The monoisotopic (exact) mass is 524 g/mol. The summed E-state index contributed by atoms with van der Waals surface area (Å²) < 4.78 is 51.8. The highest BCUT2D eigenvalue weighted by Crippen LogP contribution is 2.49. The molecule has 0 saturated heterocycles. The number of carbonyl (C=O) groups is 1. The van der Waals surface area contributed by atoms with Crippen molar-refractivity contribution < 1.29 is 76.4 Å². The second-order valence-corrected chi connectivity index (χ2v) is 9.97. The smallest absolute Gasteiger partial charge is 0.453 e. The molecule has 0 aromatic heterocycles. The number of benzene rings is 1. The topological polar surface area (TPSA) is 267 Å². The molecule has 8 N–H and O–H groups in total. The van der Waals surface area contributed by atoms with Gasteiger partial charge in [0.25, 0.3) is 0 Å². The number of aliphatic hydroxyl groups is 2. The van der Waals surface area contributed by atoms with Crippen LogP contribution in [0.1, 0.15) is 10.4 Å². The van der Waals surface area contributed by atoms with Gasteiger partial charge in [0.15, 0.2) is 6.10 Å². The van der Waals surface area contributed by atoms with Crippen molar-refractivity contribution in [3.05, 3.63) is 35.9 Å². The van der Waals surface area contributed by atoms with Crippen molar-refractivity contribution in [2.45, 2.75) is 36.6 Å². The molecule has 0 bridgehead atoms. The van der Waals surface area contributed by atoms with Crippen molar-refractivity contribution in [1.29, 1.82) is 0 Å². The van der Waals surface area contributed by atoms with Crippen molar-refractivity contribution in [1.82, 2.24) is 0 Å². The maximum atomic E-state index is 12.4. The molecular weight excluding hydrogens is 505 g/mol. The highest BCUT2D eigenvalue weighted by atomic mass is 31.2. The van der Waals surface area contributed by atoms with E-state index in [0.29, 0.717) is 0 Å². The molecule has 0 unspecified atom stereocenters. The zero-order valence-corrected chi connectivity index (χ0v) is 18.2. The minimum Gasteiger partial charge on any atom is -0.453 e. The lowest BCUT2D eigenvalue weighted by Gasteiger charge is -2.45. The lowest BCUT2D eigenvalue weighted by molar-refractivity contribution is -0.212. The van der Waals surface area contributed by atoms with Gasteiger partial charge in [-0.3, -0.25) is 13.6 Å². The molecule has 0 aliphatic heterocycles. The summed E-state index contributed by atoms with van der Waals surface area (Å²) in [6, 6.07) is 6.80. The van der Waals surface area contributed by atoms with Crippen LogP contribution in [0.2, 0.25) is 0 Å². The van der Waals surface area contributed by atoms with E-state index in [1.807, 2.05) is 0 Å². The van der Waals surface area contributed by atoms with Crippen LogP contribution in [-0.4, -0.2) is 82.2 Å². The van der Waals surface area contributed by atoms with E-state index in [-0.39, 0.29) is 5.56 Å². The van der Waals surface area contributed by atoms with E-state index in [1.165, 1.54) is 30.3 Å². The minimum atomic E-state index is -5.56. The first-order valence-electron chi connectivity index (χ1n) is 8.32. The molecule has 16 nitrogen and oxygen atoms in total. The Balaban J connectivity index is 2.53. The van der Waals surface area contributed by atoms with Crippen molar-refractivity contribution in [2.24, 2.45) is 0 Å². The van der Waals surface area contributed by atoms with Crippen molar-refractivity contribution in [2.75, 3.05) is 0 Å². The van der Waals surface area contributed by atoms with Gasteiger partial charge in [-0.1, -0.05) is 18.2 Å². The molecule has 1 fully saturated rings. The zero-order valence-electron chi connectivity index (χ0n) is 15.5. The molecule has 1 aromatic rings. The maximum Gasteiger partial charge on any atom is 0.470 e. The Bertz CT molecular complexity index is 936. The predicted molar refractivity (Wildman–Crippen MR) is 98.4 cm³/mol. The van der Waals surface area contributed by atoms with Crippen LogP contribution >= 0.6 is 23.5 Å². The Hall–Kier alpha value is -1.06. The third kappa shape index (κ3) is 7.76. The molecule has 0 heterocycles. The number of rotatable bonds is 8. The molecule has 1 aliphatic carbocycles. The van der Waals surface area contributed by atoms with Crippen molar-refractivity contribution >= 4 is 29.4 Å². The van der Waals surface area contributed by atoms with Gasteiger partial charge in [-0.15, -0.1) is 0 Å². The quantitative estimate of drug-likeness (QED) is 0.140. The average molecular weight is 524 g/mol. The summed E-state index contributed by atoms with van der Waals surface area (Å²) in [5.74, 6) is -1.24. The van der Waals surface area contributed by atoms with Crippen LogP contribution in [0.4, 0.5) is 0 Å². The van der Waals surface area contributed by atoms with Gasteiger partial charge in [-0.2, -0.15) is 0 Å². The molecule has 0 amide bonds. The number of phosphoric acid groups is 3. The molecule has 0 spiro atoms. The van der Waals surface area contributed by atoms with Crippen LogP contribution in [0.15, 0.2) is 30.3 Å². The number of phosphoric ester groups is 3. The van der Waals surface area contributed by atoms with Gasteiger partial charge in [0, 0.05) is 0 Å². The number of hydrogen-bond acceptors (Lipinski definition) is 10. The second kappa shape index (κ2) is 10.1. The summed E-state index contributed by atoms with van der Waals surface area (Å²) in [7, 11) is -16.6. The van der Waals surface area contributed by atoms with Crippen LogP contribution in [0.5, 0.6) is 0 Å². The molecule has 2 rings (SSSR count). The number of carbonyl (C=O) groups excluding carboxylic acids is 1. The highest BCUT2D eigenvalue weighted by molar-refractivity contribution is 7.46. The normalized spacial score (nSPS) is 29.5. The van der Waals surface area contributed by atoms with E-state index in [0.717, 1.165) is 0 Å². The standard InChI is InChI=1S/C13H19O16P3/c14-7-9(27-30(17,18)19)8(15)11(28-31(20,21)22)12(29-32(23,24)25)10(7)26-13(16)6-4-2-1-3-5-6/h1-5,7-12,14-15H,(H2,17,18,19)(H2,20,21,22)(H2,23,24,25)/t7-,8-,9+,10-,11+,12+/m0/s1. The predicted octanol–water partition coefficient (Wildman–Crippen LogP) is -1.62. The molecule has 0 radical (unpaired) electrons. The van der Waals surface area contributed by atoms with E-state index in [4.69, 9.17) is 34.1 Å². The van der Waals surface area contributed by atoms with E-state index in [2.05, 4.69) is 13.6 Å². The third-order valence-electron chi connectivity index (χ3n) is 4.02. The number of hydrogen-bond donors (Lipinski definition) is 8. The maximum absolute atomic E-state index is 12.4. The fourth-order valence-electron chi connectivity index (χ4n) is 2.90. The van der Waals surface area contributed by atoms with E-state index >= 15 is 0 Å². The largest absolute Gasteiger partial charge is 0.470 e. The molecule has 182 valence electrons. The zero-order chi connectivity index (χ0) is 24.5. The van der Waals surface area contributed by atoms with Gasteiger partial charge in [-0.25, -0.2) is 18.5 Å². The second-order valence-electron chi connectivity index (χ2n) is 6.40. The third-order valence-corrected chi connectivity index (χ3v) is 5.58. The first kappa shape index (κ1) is 27.2.